The number of esters is 1. The van der Waals surface area contributed by atoms with Gasteiger partial charge in [0.05, 0.1) is 31.1 Å². The third-order valence-corrected chi connectivity index (χ3v) is 9.84. The molecule has 0 saturated heterocycles. The summed E-state index contributed by atoms with van der Waals surface area (Å²) in [6.07, 6.45) is 3.41. The maximum atomic E-state index is 13.1. The van der Waals surface area contributed by atoms with E-state index in [0.717, 1.165) is 53.0 Å². The Labute approximate surface area is 216 Å². The van der Waals surface area contributed by atoms with Gasteiger partial charge in [-0.25, -0.2) is 13.2 Å². The van der Waals surface area contributed by atoms with E-state index < -0.39 is 21.6 Å². The second-order valence-corrected chi connectivity index (χ2v) is 12.9. The molecular formula is C27H31NO6S2. The number of thiophene rings is 1. The lowest BCUT2D eigenvalue weighted by Gasteiger charge is -2.40. The minimum Gasteiger partial charge on any atom is -0.495 e. The zero-order valence-corrected chi connectivity index (χ0v) is 22.5. The Hall–Kier alpha value is -2.88. The first-order valence-electron chi connectivity index (χ1n) is 11.7. The number of ether oxygens (including phenoxy) is 2. The number of anilines is 1. The van der Waals surface area contributed by atoms with E-state index in [0.29, 0.717) is 0 Å². The molecule has 0 atom stereocenters. The first-order chi connectivity index (χ1) is 17.0. The topological polar surface area (TPSA) is 102 Å². The SMILES string of the molecule is COC(=O)c1ccc(NS(=O)(=O)c2ccc(-c3ccc(C4(O)CCC(C)(C)CC4)cc3)s2)c(OC)c1. The predicted molar refractivity (Wildman–Crippen MR) is 141 cm³/mol. The summed E-state index contributed by atoms with van der Waals surface area (Å²) in [5, 5.41) is 11.2. The van der Waals surface area contributed by atoms with Crippen LogP contribution in [0.5, 0.6) is 5.75 Å². The van der Waals surface area contributed by atoms with Crippen LogP contribution in [-0.4, -0.2) is 33.7 Å². The molecule has 0 aliphatic heterocycles. The van der Waals surface area contributed by atoms with Crippen LogP contribution in [0.2, 0.25) is 0 Å². The molecule has 1 aliphatic rings. The number of hydrogen-bond donors (Lipinski definition) is 2. The summed E-state index contributed by atoms with van der Waals surface area (Å²) in [6.45, 7) is 4.47. The second-order valence-electron chi connectivity index (χ2n) is 9.90. The van der Waals surface area contributed by atoms with E-state index in [-0.39, 0.29) is 26.6 Å². The average Bonchev–Trinajstić information content (AvgIpc) is 3.37. The Kier molecular flexibility index (Phi) is 7.19. The van der Waals surface area contributed by atoms with Crippen molar-refractivity contribution in [3.05, 3.63) is 65.7 Å². The largest absolute Gasteiger partial charge is 0.495 e. The van der Waals surface area contributed by atoms with Gasteiger partial charge in [-0.2, -0.15) is 0 Å². The minimum absolute atomic E-state index is 0.147. The average molecular weight is 530 g/mol. The molecule has 0 amide bonds. The Morgan fingerprint density at radius 2 is 1.64 bits per heavy atom. The van der Waals surface area contributed by atoms with Crippen molar-refractivity contribution in [1.29, 1.82) is 0 Å². The summed E-state index contributed by atoms with van der Waals surface area (Å²) in [4.78, 5) is 12.6. The van der Waals surface area contributed by atoms with Crippen LogP contribution < -0.4 is 9.46 Å². The lowest BCUT2D eigenvalue weighted by atomic mass is 9.69. The number of rotatable bonds is 7. The number of methoxy groups -OCH3 is 2. The molecule has 2 N–H and O–H groups in total. The number of carbonyl (C=O) groups is 1. The van der Waals surface area contributed by atoms with Gasteiger partial charge >= 0.3 is 5.97 Å². The van der Waals surface area contributed by atoms with E-state index in [2.05, 4.69) is 18.6 Å². The Bertz CT molecular complexity index is 1350. The molecule has 36 heavy (non-hydrogen) atoms. The van der Waals surface area contributed by atoms with Crippen molar-refractivity contribution in [3.63, 3.8) is 0 Å². The molecule has 0 spiro atoms. The van der Waals surface area contributed by atoms with Crippen LogP contribution >= 0.6 is 11.3 Å². The van der Waals surface area contributed by atoms with Crippen molar-refractivity contribution in [3.8, 4) is 16.2 Å². The monoisotopic (exact) mass is 529 g/mol. The first kappa shape index (κ1) is 26.2. The predicted octanol–water partition coefficient (Wildman–Crippen LogP) is 5.80. The molecule has 4 rings (SSSR count). The number of nitrogens with one attached hydrogen (secondary N) is 1. The van der Waals surface area contributed by atoms with Gasteiger partial charge in [0.2, 0.25) is 0 Å². The fraction of sp³-hybridized carbons (Fsp3) is 0.370. The van der Waals surface area contributed by atoms with Crippen molar-refractivity contribution in [2.24, 2.45) is 5.41 Å². The molecule has 7 nitrogen and oxygen atoms in total. The number of aliphatic hydroxyl groups is 1. The number of hydrogen-bond acceptors (Lipinski definition) is 7. The molecule has 1 aromatic heterocycles. The normalized spacial score (nSPS) is 16.8. The first-order valence-corrected chi connectivity index (χ1v) is 14.0. The molecule has 0 unspecified atom stereocenters. The van der Waals surface area contributed by atoms with Gasteiger partial charge in [-0.15, -0.1) is 11.3 Å². The van der Waals surface area contributed by atoms with Gasteiger partial charge < -0.3 is 14.6 Å². The van der Waals surface area contributed by atoms with Crippen molar-refractivity contribution in [1.82, 2.24) is 0 Å². The molecule has 0 bridgehead atoms. The third-order valence-electron chi connectivity index (χ3n) is 6.85. The van der Waals surface area contributed by atoms with Gasteiger partial charge in [0.15, 0.2) is 0 Å². The van der Waals surface area contributed by atoms with Crippen LogP contribution in [0.25, 0.3) is 10.4 Å². The molecule has 192 valence electrons. The number of carbonyl (C=O) groups excluding carboxylic acids is 1. The molecular weight excluding hydrogens is 498 g/mol. The van der Waals surface area contributed by atoms with Crippen LogP contribution in [0, 0.1) is 5.41 Å². The summed E-state index contributed by atoms with van der Waals surface area (Å²) >= 11 is 1.15. The minimum atomic E-state index is -3.89. The fourth-order valence-electron chi connectivity index (χ4n) is 4.41. The van der Waals surface area contributed by atoms with Gasteiger partial charge in [-0.1, -0.05) is 38.1 Å². The molecule has 0 radical (unpaired) electrons. The van der Waals surface area contributed by atoms with E-state index >= 15 is 0 Å². The van der Waals surface area contributed by atoms with Gasteiger partial charge in [0, 0.05) is 4.88 Å². The third kappa shape index (κ3) is 5.43. The summed E-state index contributed by atoms with van der Waals surface area (Å²) in [5.41, 5.74) is 1.69. The smallest absolute Gasteiger partial charge is 0.337 e. The van der Waals surface area contributed by atoms with Crippen LogP contribution in [0.1, 0.15) is 55.5 Å². The lowest BCUT2D eigenvalue weighted by Crippen LogP contribution is -2.34. The maximum absolute atomic E-state index is 13.1. The van der Waals surface area contributed by atoms with Crippen LogP contribution in [-0.2, 0) is 20.4 Å². The Morgan fingerprint density at radius 1 is 0.972 bits per heavy atom. The van der Waals surface area contributed by atoms with E-state index in [1.54, 1.807) is 12.1 Å². The van der Waals surface area contributed by atoms with E-state index in [1.165, 1.54) is 32.4 Å². The highest BCUT2D eigenvalue weighted by Gasteiger charge is 2.37. The molecule has 9 heteroatoms. The molecule has 2 aromatic carbocycles. The van der Waals surface area contributed by atoms with Gasteiger partial charge in [-0.3, -0.25) is 4.72 Å². The fourth-order valence-corrected chi connectivity index (χ4v) is 6.79. The number of benzene rings is 2. The van der Waals surface area contributed by atoms with Gasteiger partial charge in [-0.05, 0) is 72.6 Å². The Balaban J connectivity index is 1.52. The van der Waals surface area contributed by atoms with Crippen molar-refractivity contribution in [2.75, 3.05) is 18.9 Å². The molecule has 1 heterocycles. The van der Waals surface area contributed by atoms with Crippen LogP contribution in [0.4, 0.5) is 5.69 Å². The standard InChI is InChI=1S/C27H31NO6S2/c1-26(2)13-15-27(30,16-14-26)20-8-5-18(6-9-20)23-11-12-24(35-23)36(31,32)28-21-10-7-19(25(29)34-4)17-22(21)33-3/h5-12,17,28,30H,13-16H2,1-4H3. The summed E-state index contributed by atoms with van der Waals surface area (Å²) in [7, 11) is -1.22. The highest BCUT2D eigenvalue weighted by Crippen LogP contribution is 2.45. The van der Waals surface area contributed by atoms with Crippen molar-refractivity contribution < 1.29 is 27.8 Å². The summed E-state index contributed by atoms with van der Waals surface area (Å²) in [5.74, 6) is -0.339. The van der Waals surface area contributed by atoms with Crippen molar-refractivity contribution in [2.45, 2.75) is 49.3 Å². The molecule has 1 fully saturated rings. The van der Waals surface area contributed by atoms with E-state index in [9.17, 15) is 18.3 Å². The quantitative estimate of drug-likeness (QED) is 0.375. The van der Waals surface area contributed by atoms with E-state index in [4.69, 9.17) is 9.47 Å². The zero-order chi connectivity index (χ0) is 26.1. The molecule has 3 aromatic rings. The number of sulfonamides is 1. The Morgan fingerprint density at radius 3 is 2.25 bits per heavy atom. The maximum Gasteiger partial charge on any atom is 0.337 e. The van der Waals surface area contributed by atoms with Crippen molar-refractivity contribution >= 4 is 33.0 Å². The van der Waals surface area contributed by atoms with Crippen LogP contribution in [0.3, 0.4) is 0 Å². The lowest BCUT2D eigenvalue weighted by molar-refractivity contribution is -0.0305. The summed E-state index contributed by atoms with van der Waals surface area (Å²) < 4.78 is 38.8. The van der Waals surface area contributed by atoms with Gasteiger partial charge in [0.25, 0.3) is 10.0 Å². The summed E-state index contributed by atoms with van der Waals surface area (Å²) in [6, 6.07) is 15.4. The highest BCUT2D eigenvalue weighted by molar-refractivity contribution is 7.94. The van der Waals surface area contributed by atoms with Gasteiger partial charge in [0.1, 0.15) is 9.96 Å². The highest BCUT2D eigenvalue weighted by atomic mass is 32.2. The van der Waals surface area contributed by atoms with Crippen LogP contribution in [0.15, 0.2) is 58.8 Å². The zero-order valence-electron chi connectivity index (χ0n) is 20.8. The second kappa shape index (κ2) is 9.88. The molecule has 1 saturated carbocycles. The van der Waals surface area contributed by atoms with E-state index in [1.807, 2.05) is 24.3 Å². The molecule has 1 aliphatic carbocycles.